The van der Waals surface area contributed by atoms with Crippen molar-refractivity contribution in [2.24, 2.45) is 0 Å². The lowest BCUT2D eigenvalue weighted by molar-refractivity contribution is -0.123. The molecule has 0 atom stereocenters. The highest BCUT2D eigenvalue weighted by Crippen LogP contribution is 2.15. The summed E-state index contributed by atoms with van der Waals surface area (Å²) in [7, 11) is 0. The fourth-order valence-corrected chi connectivity index (χ4v) is 2.35. The number of halogens is 1. The van der Waals surface area contributed by atoms with E-state index in [0.29, 0.717) is 26.1 Å². The molecule has 122 valence electrons. The molecule has 2 heterocycles. The topological polar surface area (TPSA) is 76.5 Å². The van der Waals surface area contributed by atoms with Crippen LogP contribution in [0.4, 0.5) is 4.79 Å². The lowest BCUT2D eigenvalue weighted by Gasteiger charge is -2.39. The van der Waals surface area contributed by atoms with Crippen molar-refractivity contribution < 1.29 is 14.3 Å². The first-order valence-corrected chi connectivity index (χ1v) is 7.97. The van der Waals surface area contributed by atoms with Gasteiger partial charge in [-0.25, -0.2) is 4.79 Å². The molecular weight excluding hydrogens is 352 g/mol. The molecule has 1 aromatic rings. The number of aryl methyl sites for hydroxylation is 1. The van der Waals surface area contributed by atoms with E-state index in [2.05, 4.69) is 26.3 Å². The van der Waals surface area contributed by atoms with Crippen molar-refractivity contribution in [3.05, 3.63) is 16.9 Å². The minimum Gasteiger partial charge on any atom is -0.444 e. The predicted molar refractivity (Wildman–Crippen MR) is 84.3 cm³/mol. The second kappa shape index (κ2) is 6.68. The van der Waals surface area contributed by atoms with Gasteiger partial charge < -0.3 is 15.0 Å². The van der Waals surface area contributed by atoms with Gasteiger partial charge in [0.15, 0.2) is 0 Å². The molecule has 0 aromatic carbocycles. The minimum absolute atomic E-state index is 0.00405. The molecule has 1 N–H and O–H groups in total. The van der Waals surface area contributed by atoms with Crippen LogP contribution in [0.1, 0.15) is 27.2 Å². The second-order valence-corrected chi connectivity index (χ2v) is 7.24. The van der Waals surface area contributed by atoms with E-state index >= 15 is 0 Å². The highest BCUT2D eigenvalue weighted by atomic mass is 79.9. The predicted octanol–water partition coefficient (Wildman–Crippen LogP) is 1.77. The second-order valence-electron chi connectivity index (χ2n) is 6.32. The van der Waals surface area contributed by atoms with Crippen LogP contribution in [0.25, 0.3) is 0 Å². The average molecular weight is 373 g/mol. The molecule has 1 aliphatic heterocycles. The van der Waals surface area contributed by atoms with Crippen molar-refractivity contribution in [3.8, 4) is 0 Å². The van der Waals surface area contributed by atoms with E-state index in [1.807, 2.05) is 27.0 Å². The number of hydrogen-bond acceptors (Lipinski definition) is 4. The van der Waals surface area contributed by atoms with Gasteiger partial charge in [0.1, 0.15) is 5.60 Å². The molecule has 1 aliphatic rings. The van der Waals surface area contributed by atoms with Crippen molar-refractivity contribution in [1.29, 1.82) is 0 Å². The van der Waals surface area contributed by atoms with Gasteiger partial charge in [0, 0.05) is 32.3 Å². The van der Waals surface area contributed by atoms with Crippen LogP contribution in [-0.2, 0) is 16.1 Å². The molecule has 0 bridgehead atoms. The summed E-state index contributed by atoms with van der Waals surface area (Å²) < 4.78 is 7.86. The number of hydrogen-bond donors (Lipinski definition) is 1. The monoisotopic (exact) mass is 372 g/mol. The Kier molecular flexibility index (Phi) is 5.10. The Morgan fingerprint density at radius 3 is 2.68 bits per heavy atom. The van der Waals surface area contributed by atoms with Crippen molar-refractivity contribution in [1.82, 2.24) is 20.0 Å². The van der Waals surface area contributed by atoms with Crippen LogP contribution >= 0.6 is 15.9 Å². The molecule has 0 spiro atoms. The highest BCUT2D eigenvalue weighted by molar-refractivity contribution is 9.10. The summed E-state index contributed by atoms with van der Waals surface area (Å²) in [6.07, 6.45) is 3.53. The van der Waals surface area contributed by atoms with E-state index in [0.717, 1.165) is 4.47 Å². The zero-order valence-corrected chi connectivity index (χ0v) is 14.6. The number of nitrogens with zero attached hydrogens (tertiary/aromatic N) is 3. The van der Waals surface area contributed by atoms with Crippen LogP contribution in [0.5, 0.6) is 0 Å². The fraction of sp³-hybridized carbons (Fsp3) is 0.643. The van der Waals surface area contributed by atoms with Crippen molar-refractivity contribution in [3.63, 3.8) is 0 Å². The standard InChI is InChI=1S/C14H21BrN4O3/c1-14(2,3)22-13(21)18-8-11(9-18)17-12(20)4-5-19-7-10(15)6-16-19/h6-7,11H,4-5,8-9H2,1-3H3,(H,17,20). The van der Waals surface area contributed by atoms with E-state index in [9.17, 15) is 9.59 Å². The molecule has 1 aromatic heterocycles. The third-order valence-electron chi connectivity index (χ3n) is 3.07. The van der Waals surface area contributed by atoms with Gasteiger partial charge in [-0.15, -0.1) is 0 Å². The number of amides is 2. The molecular formula is C14H21BrN4O3. The van der Waals surface area contributed by atoms with E-state index in [1.165, 1.54) is 0 Å². The molecule has 22 heavy (non-hydrogen) atoms. The normalized spacial score (nSPS) is 15.4. The summed E-state index contributed by atoms with van der Waals surface area (Å²) in [6.45, 7) is 7.01. The molecule has 7 nitrogen and oxygen atoms in total. The summed E-state index contributed by atoms with van der Waals surface area (Å²) in [5, 5.41) is 6.99. The van der Waals surface area contributed by atoms with Crippen molar-refractivity contribution in [2.75, 3.05) is 13.1 Å². The minimum atomic E-state index is -0.497. The Morgan fingerprint density at radius 2 is 2.14 bits per heavy atom. The molecule has 0 saturated carbocycles. The third kappa shape index (κ3) is 5.01. The molecule has 0 radical (unpaired) electrons. The zero-order chi connectivity index (χ0) is 16.3. The van der Waals surface area contributed by atoms with Crippen LogP contribution in [0.3, 0.4) is 0 Å². The summed E-state index contributed by atoms with van der Waals surface area (Å²) in [4.78, 5) is 25.2. The number of likely N-dealkylation sites (tertiary alicyclic amines) is 1. The number of carbonyl (C=O) groups excluding carboxylic acids is 2. The van der Waals surface area contributed by atoms with Crippen LogP contribution < -0.4 is 5.32 Å². The third-order valence-corrected chi connectivity index (χ3v) is 3.48. The van der Waals surface area contributed by atoms with Gasteiger partial charge in [0.2, 0.25) is 5.91 Å². The smallest absolute Gasteiger partial charge is 0.410 e. The van der Waals surface area contributed by atoms with Gasteiger partial charge >= 0.3 is 6.09 Å². The van der Waals surface area contributed by atoms with Gasteiger partial charge in [0.25, 0.3) is 0 Å². The van der Waals surface area contributed by atoms with Gasteiger partial charge in [-0.3, -0.25) is 9.48 Å². The molecule has 1 fully saturated rings. The van der Waals surface area contributed by atoms with E-state index in [1.54, 1.807) is 15.8 Å². The van der Waals surface area contributed by atoms with Crippen LogP contribution in [0, 0.1) is 0 Å². The lowest BCUT2D eigenvalue weighted by Crippen LogP contribution is -2.61. The maximum Gasteiger partial charge on any atom is 0.410 e. The molecule has 0 unspecified atom stereocenters. The lowest BCUT2D eigenvalue weighted by atomic mass is 10.1. The van der Waals surface area contributed by atoms with Gasteiger partial charge in [-0.05, 0) is 36.7 Å². The van der Waals surface area contributed by atoms with Crippen LogP contribution in [0.15, 0.2) is 16.9 Å². The first-order valence-electron chi connectivity index (χ1n) is 7.18. The number of carbonyl (C=O) groups is 2. The number of rotatable bonds is 4. The Balaban J connectivity index is 1.65. The molecule has 1 saturated heterocycles. The van der Waals surface area contributed by atoms with Crippen LogP contribution in [0.2, 0.25) is 0 Å². The Labute approximate surface area is 138 Å². The number of aromatic nitrogens is 2. The average Bonchev–Trinajstić information content (AvgIpc) is 2.74. The van der Waals surface area contributed by atoms with Crippen molar-refractivity contribution in [2.45, 2.75) is 45.4 Å². The summed E-state index contributed by atoms with van der Waals surface area (Å²) in [5.74, 6) is -0.0412. The maximum atomic E-state index is 11.8. The zero-order valence-electron chi connectivity index (χ0n) is 13.0. The maximum absolute atomic E-state index is 11.8. The Hall–Kier alpha value is -1.57. The van der Waals surface area contributed by atoms with Gasteiger partial charge in [0.05, 0.1) is 16.7 Å². The molecule has 0 aliphatic carbocycles. The van der Waals surface area contributed by atoms with E-state index < -0.39 is 5.60 Å². The van der Waals surface area contributed by atoms with E-state index in [4.69, 9.17) is 4.74 Å². The van der Waals surface area contributed by atoms with Gasteiger partial charge in [-0.2, -0.15) is 5.10 Å². The fourth-order valence-electron chi connectivity index (χ4n) is 2.02. The molecule has 2 rings (SSSR count). The highest BCUT2D eigenvalue weighted by Gasteiger charge is 2.34. The SMILES string of the molecule is CC(C)(C)OC(=O)N1CC(NC(=O)CCn2cc(Br)cn2)C1. The Morgan fingerprint density at radius 1 is 1.45 bits per heavy atom. The summed E-state index contributed by atoms with van der Waals surface area (Å²) in [5.41, 5.74) is -0.497. The summed E-state index contributed by atoms with van der Waals surface area (Å²) >= 11 is 3.31. The quantitative estimate of drug-likeness (QED) is 0.873. The first kappa shape index (κ1) is 16.8. The summed E-state index contributed by atoms with van der Waals surface area (Å²) in [6, 6.07) is 0.00405. The molecule has 2 amide bonds. The Bertz CT molecular complexity index is 547. The number of nitrogens with one attached hydrogen (secondary N) is 1. The van der Waals surface area contributed by atoms with E-state index in [-0.39, 0.29) is 18.0 Å². The van der Waals surface area contributed by atoms with Crippen LogP contribution in [-0.4, -0.2) is 51.4 Å². The van der Waals surface area contributed by atoms with Gasteiger partial charge in [-0.1, -0.05) is 0 Å². The number of ether oxygens (including phenoxy) is 1. The van der Waals surface area contributed by atoms with Crippen molar-refractivity contribution >= 4 is 27.9 Å². The molecule has 8 heteroatoms. The largest absolute Gasteiger partial charge is 0.444 e. The first-order chi connectivity index (χ1) is 10.2.